The summed E-state index contributed by atoms with van der Waals surface area (Å²) in [5.74, 6) is -0.0998. The molecule has 1 aliphatic carbocycles. The van der Waals surface area contributed by atoms with E-state index in [0.717, 1.165) is 12.8 Å². The van der Waals surface area contributed by atoms with Crippen LogP contribution in [0.2, 0.25) is 10.0 Å². The van der Waals surface area contributed by atoms with Gasteiger partial charge in [0.15, 0.2) is 0 Å². The summed E-state index contributed by atoms with van der Waals surface area (Å²) < 4.78 is 0. The van der Waals surface area contributed by atoms with Gasteiger partial charge >= 0.3 is 0 Å². The van der Waals surface area contributed by atoms with Gasteiger partial charge in [0.25, 0.3) is 0 Å². The standard InChI is InChI=1S/C18H25Cl2N3O2/c1-23(10-9-17(24)21-13-5-3-2-4-6-13)12-18(25)22-14-7-8-15(19)16(20)11-14/h7-8,11,13H,2-6,9-10,12H2,1H3,(H,21,24)(H,22,25). The lowest BCUT2D eigenvalue weighted by molar-refractivity contribution is -0.123. The van der Waals surface area contributed by atoms with Crippen LogP contribution in [0.25, 0.3) is 0 Å². The number of nitrogens with zero attached hydrogens (tertiary/aromatic N) is 1. The van der Waals surface area contributed by atoms with Crippen molar-refractivity contribution in [2.45, 2.75) is 44.6 Å². The maximum absolute atomic E-state index is 12.1. The van der Waals surface area contributed by atoms with Crippen molar-refractivity contribution >= 4 is 40.7 Å². The molecule has 5 nitrogen and oxygen atoms in total. The third kappa shape index (κ3) is 7.22. The number of anilines is 1. The van der Waals surface area contributed by atoms with E-state index in [-0.39, 0.29) is 18.4 Å². The second-order valence-electron chi connectivity index (χ2n) is 6.57. The Morgan fingerprint density at radius 2 is 1.84 bits per heavy atom. The highest BCUT2D eigenvalue weighted by Crippen LogP contribution is 2.24. The van der Waals surface area contributed by atoms with Crippen LogP contribution < -0.4 is 10.6 Å². The quantitative estimate of drug-likeness (QED) is 0.751. The number of halogens is 2. The van der Waals surface area contributed by atoms with Crippen LogP contribution in [0.3, 0.4) is 0 Å². The van der Waals surface area contributed by atoms with Gasteiger partial charge in [0.2, 0.25) is 11.8 Å². The Morgan fingerprint density at radius 3 is 2.52 bits per heavy atom. The summed E-state index contributed by atoms with van der Waals surface area (Å²) in [4.78, 5) is 25.9. The van der Waals surface area contributed by atoms with Gasteiger partial charge in [-0.25, -0.2) is 0 Å². The molecule has 1 fully saturated rings. The lowest BCUT2D eigenvalue weighted by Crippen LogP contribution is -2.38. The van der Waals surface area contributed by atoms with E-state index in [1.165, 1.54) is 19.3 Å². The van der Waals surface area contributed by atoms with E-state index in [9.17, 15) is 9.59 Å². The number of rotatable bonds is 7. The zero-order chi connectivity index (χ0) is 18.2. The van der Waals surface area contributed by atoms with Gasteiger partial charge in [-0.15, -0.1) is 0 Å². The molecular formula is C18H25Cl2N3O2. The highest BCUT2D eigenvalue weighted by molar-refractivity contribution is 6.42. The van der Waals surface area contributed by atoms with Gasteiger partial charge in [-0.2, -0.15) is 0 Å². The SMILES string of the molecule is CN(CCC(=O)NC1CCCCC1)CC(=O)Nc1ccc(Cl)c(Cl)c1. The molecule has 138 valence electrons. The van der Waals surface area contributed by atoms with Crippen LogP contribution in [0.4, 0.5) is 5.69 Å². The molecule has 2 rings (SSSR count). The lowest BCUT2D eigenvalue weighted by atomic mass is 9.95. The van der Waals surface area contributed by atoms with Crippen molar-refractivity contribution in [3.63, 3.8) is 0 Å². The summed E-state index contributed by atoms with van der Waals surface area (Å²) >= 11 is 11.8. The molecule has 0 aliphatic heterocycles. The molecule has 2 N–H and O–H groups in total. The molecule has 1 aromatic carbocycles. The average molecular weight is 386 g/mol. The molecular weight excluding hydrogens is 361 g/mol. The Morgan fingerprint density at radius 1 is 1.12 bits per heavy atom. The Balaban J connectivity index is 1.68. The van der Waals surface area contributed by atoms with Crippen molar-refractivity contribution in [1.29, 1.82) is 0 Å². The molecule has 7 heteroatoms. The zero-order valence-electron chi connectivity index (χ0n) is 14.5. The van der Waals surface area contributed by atoms with Crippen molar-refractivity contribution in [1.82, 2.24) is 10.2 Å². The van der Waals surface area contributed by atoms with Crippen LogP contribution >= 0.6 is 23.2 Å². The summed E-state index contributed by atoms with van der Waals surface area (Å²) in [6, 6.07) is 5.27. The summed E-state index contributed by atoms with van der Waals surface area (Å²) in [6.07, 6.45) is 6.21. The normalized spacial score (nSPS) is 15.2. The lowest BCUT2D eigenvalue weighted by Gasteiger charge is -2.23. The van der Waals surface area contributed by atoms with E-state index in [2.05, 4.69) is 10.6 Å². The van der Waals surface area contributed by atoms with E-state index in [4.69, 9.17) is 23.2 Å². The topological polar surface area (TPSA) is 61.4 Å². The third-order valence-electron chi connectivity index (χ3n) is 4.31. The molecule has 0 radical (unpaired) electrons. The molecule has 0 bridgehead atoms. The van der Waals surface area contributed by atoms with Gasteiger partial charge in [0, 0.05) is 24.7 Å². The van der Waals surface area contributed by atoms with Gasteiger partial charge < -0.3 is 10.6 Å². The van der Waals surface area contributed by atoms with Crippen LogP contribution in [-0.2, 0) is 9.59 Å². The minimum atomic E-state index is -0.159. The van der Waals surface area contributed by atoms with E-state index >= 15 is 0 Å². The van der Waals surface area contributed by atoms with E-state index in [0.29, 0.717) is 34.7 Å². The molecule has 0 atom stereocenters. The van der Waals surface area contributed by atoms with Gasteiger partial charge in [0.1, 0.15) is 0 Å². The first-order valence-corrected chi connectivity index (χ1v) is 9.42. The maximum atomic E-state index is 12.1. The first kappa shape index (κ1) is 20.0. The van der Waals surface area contributed by atoms with Crippen molar-refractivity contribution in [3.8, 4) is 0 Å². The van der Waals surface area contributed by atoms with Gasteiger partial charge in [-0.1, -0.05) is 42.5 Å². The fraction of sp³-hybridized carbons (Fsp3) is 0.556. The smallest absolute Gasteiger partial charge is 0.238 e. The van der Waals surface area contributed by atoms with Crippen molar-refractivity contribution < 1.29 is 9.59 Å². The fourth-order valence-corrected chi connectivity index (χ4v) is 3.24. The Labute approximate surface area is 159 Å². The molecule has 0 unspecified atom stereocenters. The minimum absolute atomic E-state index is 0.0589. The molecule has 0 spiro atoms. The second-order valence-corrected chi connectivity index (χ2v) is 7.38. The predicted octanol–water partition coefficient (Wildman–Crippen LogP) is 3.70. The number of nitrogens with one attached hydrogen (secondary N) is 2. The van der Waals surface area contributed by atoms with Crippen molar-refractivity contribution in [2.75, 3.05) is 25.5 Å². The van der Waals surface area contributed by atoms with Crippen molar-refractivity contribution in [2.24, 2.45) is 0 Å². The molecule has 1 aliphatic rings. The highest BCUT2D eigenvalue weighted by Gasteiger charge is 2.16. The van der Waals surface area contributed by atoms with E-state index < -0.39 is 0 Å². The molecule has 1 saturated carbocycles. The van der Waals surface area contributed by atoms with Crippen LogP contribution in [0.1, 0.15) is 38.5 Å². The summed E-state index contributed by atoms with van der Waals surface area (Å²) in [5, 5.41) is 6.70. The van der Waals surface area contributed by atoms with Crippen molar-refractivity contribution in [3.05, 3.63) is 28.2 Å². The van der Waals surface area contributed by atoms with Crippen LogP contribution in [0.15, 0.2) is 18.2 Å². The number of amides is 2. The fourth-order valence-electron chi connectivity index (χ4n) is 2.94. The average Bonchev–Trinajstić information content (AvgIpc) is 2.57. The number of carbonyl (C=O) groups is 2. The molecule has 2 amide bonds. The highest BCUT2D eigenvalue weighted by atomic mass is 35.5. The monoisotopic (exact) mass is 385 g/mol. The summed E-state index contributed by atoms with van der Waals surface area (Å²) in [5.41, 5.74) is 0.600. The molecule has 0 heterocycles. The second kappa shape index (κ2) is 10.00. The molecule has 1 aromatic rings. The summed E-state index contributed by atoms with van der Waals surface area (Å²) in [6.45, 7) is 0.740. The number of carbonyl (C=O) groups excluding carboxylic acids is 2. The van der Waals surface area contributed by atoms with Gasteiger partial charge in [0.05, 0.1) is 16.6 Å². The van der Waals surface area contributed by atoms with Crippen LogP contribution in [0, 0.1) is 0 Å². The molecule has 0 aromatic heterocycles. The third-order valence-corrected chi connectivity index (χ3v) is 5.05. The van der Waals surface area contributed by atoms with Crippen LogP contribution in [0.5, 0.6) is 0 Å². The number of hydrogen-bond acceptors (Lipinski definition) is 3. The number of hydrogen-bond donors (Lipinski definition) is 2. The minimum Gasteiger partial charge on any atom is -0.353 e. The molecule has 25 heavy (non-hydrogen) atoms. The predicted molar refractivity (Wildman–Crippen MR) is 102 cm³/mol. The van der Waals surface area contributed by atoms with Gasteiger partial charge in [-0.05, 0) is 38.1 Å². The van der Waals surface area contributed by atoms with E-state index in [1.807, 2.05) is 11.9 Å². The first-order valence-electron chi connectivity index (χ1n) is 8.67. The number of likely N-dealkylation sites (N-methyl/N-ethyl adjacent to an activating group) is 1. The Hall–Kier alpha value is -1.30. The number of benzene rings is 1. The Kier molecular flexibility index (Phi) is 8.00. The largest absolute Gasteiger partial charge is 0.353 e. The molecule has 0 saturated heterocycles. The summed E-state index contributed by atoms with van der Waals surface area (Å²) in [7, 11) is 1.82. The van der Waals surface area contributed by atoms with Gasteiger partial charge in [-0.3, -0.25) is 14.5 Å². The Bertz CT molecular complexity index is 604. The van der Waals surface area contributed by atoms with E-state index in [1.54, 1.807) is 18.2 Å². The maximum Gasteiger partial charge on any atom is 0.238 e. The zero-order valence-corrected chi connectivity index (χ0v) is 16.0. The first-order chi connectivity index (χ1) is 11.9. The van der Waals surface area contributed by atoms with Crippen LogP contribution in [-0.4, -0.2) is 42.9 Å².